The number of nitrogens with zero attached hydrogens (tertiary/aromatic N) is 1. The maximum Gasteiger partial charge on any atom is 0.225 e. The SMILES string of the molecule is O=C1NCC2C1CCCN2C(=O)CC1CSCCN1. The normalized spacial score (nSPS) is 34.8. The molecule has 3 unspecified atom stereocenters. The van der Waals surface area contributed by atoms with Gasteiger partial charge < -0.3 is 15.5 Å². The molecule has 0 radical (unpaired) electrons. The Hall–Kier alpha value is -0.750. The fourth-order valence-electron chi connectivity index (χ4n) is 3.34. The van der Waals surface area contributed by atoms with E-state index >= 15 is 0 Å². The molecule has 2 amide bonds. The number of amides is 2. The quantitative estimate of drug-likeness (QED) is 0.738. The van der Waals surface area contributed by atoms with Crippen molar-refractivity contribution in [1.29, 1.82) is 0 Å². The number of fused-ring (bicyclic) bond motifs is 1. The zero-order chi connectivity index (χ0) is 13.2. The van der Waals surface area contributed by atoms with Crippen LogP contribution < -0.4 is 10.6 Å². The first kappa shape index (κ1) is 13.2. The number of hydrogen-bond donors (Lipinski definition) is 2. The predicted octanol–water partition coefficient (Wildman–Crippen LogP) is -0.181. The Morgan fingerprint density at radius 3 is 3.16 bits per heavy atom. The van der Waals surface area contributed by atoms with E-state index in [1.54, 1.807) is 0 Å². The van der Waals surface area contributed by atoms with Crippen molar-refractivity contribution in [3.8, 4) is 0 Å². The molecule has 0 saturated carbocycles. The Kier molecular flexibility index (Phi) is 3.98. The fraction of sp³-hybridized carbons (Fsp3) is 0.846. The topological polar surface area (TPSA) is 61.4 Å². The number of carbonyl (C=O) groups is 2. The van der Waals surface area contributed by atoms with Gasteiger partial charge >= 0.3 is 0 Å². The van der Waals surface area contributed by atoms with E-state index in [1.807, 2.05) is 16.7 Å². The summed E-state index contributed by atoms with van der Waals surface area (Å²) in [6.07, 6.45) is 2.45. The molecule has 0 bridgehead atoms. The molecule has 5 nitrogen and oxygen atoms in total. The van der Waals surface area contributed by atoms with Gasteiger partial charge in [-0.1, -0.05) is 0 Å². The number of piperidine rings is 1. The van der Waals surface area contributed by atoms with E-state index in [2.05, 4.69) is 10.6 Å². The van der Waals surface area contributed by atoms with E-state index < -0.39 is 0 Å². The van der Waals surface area contributed by atoms with E-state index in [9.17, 15) is 9.59 Å². The van der Waals surface area contributed by atoms with Crippen molar-refractivity contribution in [2.75, 3.05) is 31.1 Å². The highest BCUT2D eigenvalue weighted by molar-refractivity contribution is 7.99. The number of likely N-dealkylation sites (tertiary alicyclic amines) is 1. The largest absolute Gasteiger partial charge is 0.354 e. The van der Waals surface area contributed by atoms with Crippen molar-refractivity contribution in [3.05, 3.63) is 0 Å². The third kappa shape index (κ3) is 2.74. The second kappa shape index (κ2) is 5.71. The molecule has 3 fully saturated rings. The molecular formula is C13H21N3O2S. The highest BCUT2D eigenvalue weighted by atomic mass is 32.2. The van der Waals surface area contributed by atoms with Crippen molar-refractivity contribution in [3.63, 3.8) is 0 Å². The van der Waals surface area contributed by atoms with Crippen LogP contribution in [0, 0.1) is 5.92 Å². The summed E-state index contributed by atoms with van der Waals surface area (Å²) in [7, 11) is 0. The summed E-state index contributed by atoms with van der Waals surface area (Å²) in [5.74, 6) is 2.54. The minimum absolute atomic E-state index is 0.0337. The maximum absolute atomic E-state index is 12.5. The van der Waals surface area contributed by atoms with Crippen LogP contribution in [0.5, 0.6) is 0 Å². The molecule has 3 saturated heterocycles. The summed E-state index contributed by atoms with van der Waals surface area (Å²) in [6.45, 7) is 2.45. The number of rotatable bonds is 2. The van der Waals surface area contributed by atoms with Gasteiger partial charge in [0.25, 0.3) is 0 Å². The third-order valence-corrected chi connectivity index (χ3v) is 5.47. The second-order valence-electron chi connectivity index (χ2n) is 5.58. The van der Waals surface area contributed by atoms with E-state index in [0.29, 0.717) is 19.0 Å². The number of thioether (sulfide) groups is 1. The average molecular weight is 283 g/mol. The number of nitrogens with one attached hydrogen (secondary N) is 2. The van der Waals surface area contributed by atoms with Crippen LogP contribution in [-0.2, 0) is 9.59 Å². The first-order chi connectivity index (χ1) is 9.25. The number of hydrogen-bond acceptors (Lipinski definition) is 4. The molecule has 3 aliphatic heterocycles. The van der Waals surface area contributed by atoms with Crippen LogP contribution in [0.2, 0.25) is 0 Å². The molecule has 6 heteroatoms. The highest BCUT2D eigenvalue weighted by Gasteiger charge is 2.42. The molecule has 0 aromatic carbocycles. The first-order valence-electron chi connectivity index (χ1n) is 7.14. The molecule has 0 aliphatic carbocycles. The molecule has 0 aromatic rings. The molecule has 3 aliphatic rings. The lowest BCUT2D eigenvalue weighted by Crippen LogP contribution is -2.51. The lowest BCUT2D eigenvalue weighted by molar-refractivity contribution is -0.137. The van der Waals surface area contributed by atoms with Crippen LogP contribution in [0.4, 0.5) is 0 Å². The van der Waals surface area contributed by atoms with Gasteiger partial charge in [0, 0.05) is 43.6 Å². The minimum atomic E-state index is 0.0337. The lowest BCUT2D eigenvalue weighted by Gasteiger charge is -2.37. The van der Waals surface area contributed by atoms with Gasteiger partial charge in [0.05, 0.1) is 12.0 Å². The van der Waals surface area contributed by atoms with Gasteiger partial charge in [-0.15, -0.1) is 0 Å². The summed E-state index contributed by atoms with van der Waals surface area (Å²) >= 11 is 1.91. The molecule has 2 N–H and O–H groups in total. The average Bonchev–Trinajstić information content (AvgIpc) is 2.82. The van der Waals surface area contributed by atoms with Crippen molar-refractivity contribution < 1.29 is 9.59 Å². The highest BCUT2D eigenvalue weighted by Crippen LogP contribution is 2.28. The molecule has 3 rings (SSSR count). The van der Waals surface area contributed by atoms with Crippen LogP contribution in [0.25, 0.3) is 0 Å². The Labute approximate surface area is 117 Å². The van der Waals surface area contributed by atoms with Gasteiger partial charge in [-0.05, 0) is 12.8 Å². The van der Waals surface area contributed by atoms with E-state index in [0.717, 1.165) is 37.4 Å². The molecule has 3 heterocycles. The first-order valence-corrected chi connectivity index (χ1v) is 8.29. The van der Waals surface area contributed by atoms with Crippen LogP contribution in [0.1, 0.15) is 19.3 Å². The van der Waals surface area contributed by atoms with Crippen molar-refractivity contribution in [2.45, 2.75) is 31.3 Å². The van der Waals surface area contributed by atoms with Gasteiger partial charge in [-0.25, -0.2) is 0 Å². The smallest absolute Gasteiger partial charge is 0.225 e. The summed E-state index contributed by atoms with van der Waals surface area (Å²) in [5.41, 5.74) is 0. The van der Waals surface area contributed by atoms with Crippen LogP contribution >= 0.6 is 11.8 Å². The molecule has 19 heavy (non-hydrogen) atoms. The molecular weight excluding hydrogens is 262 g/mol. The third-order valence-electron chi connectivity index (χ3n) is 4.34. The monoisotopic (exact) mass is 283 g/mol. The van der Waals surface area contributed by atoms with Gasteiger partial charge in [0.1, 0.15) is 0 Å². The molecule has 0 spiro atoms. The van der Waals surface area contributed by atoms with Gasteiger partial charge in [0.2, 0.25) is 11.8 Å². The van der Waals surface area contributed by atoms with Crippen LogP contribution in [0.3, 0.4) is 0 Å². The summed E-state index contributed by atoms with van der Waals surface area (Å²) in [5, 5.41) is 6.30. The molecule has 3 atom stereocenters. The molecule has 106 valence electrons. The van der Waals surface area contributed by atoms with Crippen molar-refractivity contribution >= 4 is 23.6 Å². The standard InChI is InChI=1S/C13H21N3O2S/c17-12(6-9-8-19-5-3-14-9)16-4-1-2-10-11(16)7-15-13(10)18/h9-11,14H,1-8H2,(H,15,18). The Balaban J connectivity index is 1.60. The minimum Gasteiger partial charge on any atom is -0.354 e. The fourth-order valence-corrected chi connectivity index (χ4v) is 4.29. The number of carbonyl (C=O) groups excluding carboxylic acids is 2. The summed E-state index contributed by atoms with van der Waals surface area (Å²) in [6, 6.07) is 0.404. The van der Waals surface area contributed by atoms with E-state index in [4.69, 9.17) is 0 Å². The lowest BCUT2D eigenvalue weighted by atomic mass is 9.91. The Morgan fingerprint density at radius 1 is 1.47 bits per heavy atom. The van der Waals surface area contributed by atoms with Crippen LogP contribution in [0.15, 0.2) is 0 Å². The van der Waals surface area contributed by atoms with Crippen LogP contribution in [-0.4, -0.2) is 59.9 Å². The van der Waals surface area contributed by atoms with Crippen molar-refractivity contribution in [2.24, 2.45) is 5.92 Å². The summed E-state index contributed by atoms with van der Waals surface area (Å²) in [4.78, 5) is 26.1. The van der Waals surface area contributed by atoms with E-state index in [-0.39, 0.29) is 23.8 Å². The molecule has 0 aromatic heterocycles. The zero-order valence-corrected chi connectivity index (χ0v) is 11.9. The predicted molar refractivity (Wildman–Crippen MR) is 75.0 cm³/mol. The van der Waals surface area contributed by atoms with Gasteiger partial charge in [-0.3, -0.25) is 9.59 Å². The maximum atomic E-state index is 12.5. The van der Waals surface area contributed by atoms with Crippen molar-refractivity contribution in [1.82, 2.24) is 15.5 Å². The second-order valence-corrected chi connectivity index (χ2v) is 6.73. The van der Waals surface area contributed by atoms with Gasteiger partial charge in [-0.2, -0.15) is 11.8 Å². The Bertz CT molecular complexity index is 371. The van der Waals surface area contributed by atoms with E-state index in [1.165, 1.54) is 0 Å². The summed E-state index contributed by atoms with van der Waals surface area (Å²) < 4.78 is 0. The Morgan fingerprint density at radius 2 is 2.37 bits per heavy atom. The zero-order valence-electron chi connectivity index (χ0n) is 11.1. The van der Waals surface area contributed by atoms with Gasteiger partial charge in [0.15, 0.2) is 0 Å².